The van der Waals surface area contributed by atoms with Gasteiger partial charge in [-0.1, -0.05) is 30.3 Å². The highest BCUT2D eigenvalue weighted by molar-refractivity contribution is 5.78. The van der Waals surface area contributed by atoms with E-state index in [4.69, 9.17) is 9.84 Å². The molecular weight excluding hydrogens is 210 g/mol. The van der Waals surface area contributed by atoms with Gasteiger partial charge in [-0.3, -0.25) is 9.69 Å². The Kier molecular flexibility index (Phi) is 2.76. The van der Waals surface area contributed by atoms with Crippen LogP contribution in [0.2, 0.25) is 0 Å². The van der Waals surface area contributed by atoms with Crippen molar-refractivity contribution in [2.45, 2.75) is 6.04 Å². The number of carbonyl (C=O) groups excluding carboxylic acids is 1. The molecule has 84 valence electrons. The third-order valence-corrected chi connectivity index (χ3v) is 2.47. The van der Waals surface area contributed by atoms with Gasteiger partial charge in [-0.15, -0.1) is 0 Å². The number of amides is 1. The van der Waals surface area contributed by atoms with E-state index < -0.39 is 12.1 Å². The molecule has 1 aromatic rings. The summed E-state index contributed by atoms with van der Waals surface area (Å²) >= 11 is 0. The third kappa shape index (κ3) is 1.98. The molecule has 1 saturated heterocycles. The van der Waals surface area contributed by atoms with Gasteiger partial charge in [-0.05, 0) is 5.56 Å². The molecular formula is C11H11NO4. The number of hydrogen-bond acceptors (Lipinski definition) is 3. The van der Waals surface area contributed by atoms with E-state index in [2.05, 4.69) is 0 Å². The molecule has 1 atom stereocenters. The van der Waals surface area contributed by atoms with Crippen LogP contribution < -0.4 is 0 Å². The molecule has 1 aliphatic heterocycles. The Morgan fingerprint density at radius 3 is 2.75 bits per heavy atom. The van der Waals surface area contributed by atoms with Crippen molar-refractivity contribution < 1.29 is 19.4 Å². The van der Waals surface area contributed by atoms with E-state index in [-0.39, 0.29) is 19.2 Å². The zero-order valence-electron chi connectivity index (χ0n) is 8.50. The second-order valence-electron chi connectivity index (χ2n) is 3.53. The van der Waals surface area contributed by atoms with Crippen LogP contribution in [0.1, 0.15) is 11.6 Å². The average Bonchev–Trinajstić information content (AvgIpc) is 2.61. The molecule has 1 aromatic carbocycles. The first-order chi connectivity index (χ1) is 7.68. The van der Waals surface area contributed by atoms with Crippen LogP contribution in [-0.2, 0) is 9.53 Å². The number of ether oxygens (including phenoxy) is 1. The first-order valence-corrected chi connectivity index (χ1v) is 4.88. The van der Waals surface area contributed by atoms with E-state index in [9.17, 15) is 9.59 Å². The summed E-state index contributed by atoms with van der Waals surface area (Å²) in [5, 5.41) is 8.71. The molecule has 5 nitrogen and oxygen atoms in total. The Labute approximate surface area is 92.2 Å². The fraction of sp³-hybridized carbons (Fsp3) is 0.273. The van der Waals surface area contributed by atoms with Crippen molar-refractivity contribution in [3.63, 3.8) is 0 Å². The van der Waals surface area contributed by atoms with Crippen molar-refractivity contribution in [1.29, 1.82) is 0 Å². The van der Waals surface area contributed by atoms with E-state index in [1.54, 1.807) is 0 Å². The molecule has 0 bridgehead atoms. The minimum absolute atomic E-state index is 0.204. The van der Waals surface area contributed by atoms with Gasteiger partial charge in [0.25, 0.3) is 0 Å². The predicted octanol–water partition coefficient (Wildman–Crippen LogP) is 1.26. The summed E-state index contributed by atoms with van der Waals surface area (Å²) in [7, 11) is 0. The van der Waals surface area contributed by atoms with Crippen LogP contribution in [0, 0.1) is 0 Å². The van der Waals surface area contributed by atoms with E-state index >= 15 is 0 Å². The molecule has 1 amide bonds. The monoisotopic (exact) mass is 221 g/mol. The van der Waals surface area contributed by atoms with Crippen LogP contribution >= 0.6 is 0 Å². The highest BCUT2D eigenvalue weighted by atomic mass is 16.6. The van der Waals surface area contributed by atoms with Gasteiger partial charge in [0, 0.05) is 0 Å². The number of carbonyl (C=O) groups is 2. The van der Waals surface area contributed by atoms with Crippen LogP contribution in [0.4, 0.5) is 4.79 Å². The first kappa shape index (κ1) is 10.5. The smallest absolute Gasteiger partial charge is 0.411 e. The molecule has 1 N–H and O–H groups in total. The van der Waals surface area contributed by atoms with Gasteiger partial charge in [0.1, 0.15) is 13.2 Å². The number of cyclic esters (lactones) is 1. The maximum atomic E-state index is 11.3. The van der Waals surface area contributed by atoms with Crippen LogP contribution in [0.5, 0.6) is 0 Å². The Hall–Kier alpha value is -2.04. The molecule has 0 aromatic heterocycles. The standard InChI is InChI=1S/C11H11NO4/c13-10(14)6-12-9(7-16-11(12)15)8-4-2-1-3-5-8/h1-5,9H,6-7H2,(H,13,14)/t9-/m1/s1. The van der Waals surface area contributed by atoms with Gasteiger partial charge >= 0.3 is 12.1 Å². The van der Waals surface area contributed by atoms with Crippen molar-refractivity contribution in [3.05, 3.63) is 35.9 Å². The van der Waals surface area contributed by atoms with Crippen LogP contribution in [0.25, 0.3) is 0 Å². The average molecular weight is 221 g/mol. The van der Waals surface area contributed by atoms with E-state index in [0.29, 0.717) is 0 Å². The van der Waals surface area contributed by atoms with E-state index in [0.717, 1.165) is 5.56 Å². The van der Waals surface area contributed by atoms with Gasteiger partial charge < -0.3 is 9.84 Å². The maximum absolute atomic E-state index is 11.3. The predicted molar refractivity (Wildman–Crippen MR) is 54.9 cm³/mol. The Morgan fingerprint density at radius 2 is 2.12 bits per heavy atom. The van der Waals surface area contributed by atoms with Gasteiger partial charge in [-0.2, -0.15) is 0 Å². The number of rotatable bonds is 3. The maximum Gasteiger partial charge on any atom is 0.411 e. The van der Waals surface area contributed by atoms with Crippen molar-refractivity contribution in [1.82, 2.24) is 4.90 Å². The van der Waals surface area contributed by atoms with Crippen LogP contribution in [0.15, 0.2) is 30.3 Å². The van der Waals surface area contributed by atoms with Gasteiger partial charge in [0.2, 0.25) is 0 Å². The lowest BCUT2D eigenvalue weighted by molar-refractivity contribution is -0.137. The highest BCUT2D eigenvalue weighted by Crippen LogP contribution is 2.26. The molecule has 1 heterocycles. The molecule has 0 unspecified atom stereocenters. The number of benzene rings is 1. The molecule has 2 rings (SSSR count). The lowest BCUT2D eigenvalue weighted by Crippen LogP contribution is -2.32. The minimum Gasteiger partial charge on any atom is -0.480 e. The van der Waals surface area contributed by atoms with Crippen molar-refractivity contribution in [2.24, 2.45) is 0 Å². The summed E-state index contributed by atoms with van der Waals surface area (Å²) in [5.41, 5.74) is 0.884. The van der Waals surface area contributed by atoms with E-state index in [1.165, 1.54) is 4.90 Å². The van der Waals surface area contributed by atoms with Gasteiger partial charge in [-0.25, -0.2) is 4.79 Å². The van der Waals surface area contributed by atoms with E-state index in [1.807, 2.05) is 30.3 Å². The first-order valence-electron chi connectivity index (χ1n) is 4.88. The fourth-order valence-corrected chi connectivity index (χ4v) is 1.72. The summed E-state index contributed by atoms with van der Waals surface area (Å²) in [5.74, 6) is -1.04. The molecule has 5 heteroatoms. The molecule has 1 aliphatic rings. The van der Waals surface area contributed by atoms with Gasteiger partial charge in [0.15, 0.2) is 0 Å². The minimum atomic E-state index is -1.04. The number of hydrogen-bond donors (Lipinski definition) is 1. The Bertz CT molecular complexity index is 404. The number of carboxylic acid groups (broad SMARTS) is 1. The SMILES string of the molecule is O=C(O)CN1C(=O)OC[C@@H]1c1ccccc1. The number of nitrogens with zero attached hydrogens (tertiary/aromatic N) is 1. The summed E-state index contributed by atoms with van der Waals surface area (Å²) < 4.78 is 4.86. The normalized spacial score (nSPS) is 19.6. The van der Waals surface area contributed by atoms with Crippen molar-refractivity contribution >= 4 is 12.1 Å². The molecule has 0 spiro atoms. The molecule has 0 aliphatic carbocycles. The topological polar surface area (TPSA) is 66.8 Å². The molecule has 1 fully saturated rings. The van der Waals surface area contributed by atoms with Crippen molar-refractivity contribution in [3.8, 4) is 0 Å². The van der Waals surface area contributed by atoms with Crippen molar-refractivity contribution in [2.75, 3.05) is 13.2 Å². The summed E-state index contributed by atoms with van der Waals surface area (Å²) in [6, 6.07) is 8.95. The second kappa shape index (κ2) is 4.22. The lowest BCUT2D eigenvalue weighted by Gasteiger charge is -2.19. The van der Waals surface area contributed by atoms with Crippen LogP contribution in [0.3, 0.4) is 0 Å². The molecule has 0 radical (unpaired) electrons. The Balaban J connectivity index is 2.21. The molecule has 0 saturated carbocycles. The third-order valence-electron chi connectivity index (χ3n) is 2.47. The summed E-state index contributed by atoms with van der Waals surface area (Å²) in [4.78, 5) is 23.2. The van der Waals surface area contributed by atoms with Crippen LogP contribution in [-0.4, -0.2) is 35.2 Å². The molecule has 16 heavy (non-hydrogen) atoms. The second-order valence-corrected chi connectivity index (χ2v) is 3.53. The lowest BCUT2D eigenvalue weighted by atomic mass is 10.1. The summed E-state index contributed by atoms with van der Waals surface area (Å²) in [6.45, 7) is -0.130. The summed E-state index contributed by atoms with van der Waals surface area (Å²) in [6.07, 6.45) is -0.573. The fourth-order valence-electron chi connectivity index (χ4n) is 1.72. The zero-order chi connectivity index (χ0) is 11.5. The zero-order valence-corrected chi connectivity index (χ0v) is 8.50. The largest absolute Gasteiger partial charge is 0.480 e. The quantitative estimate of drug-likeness (QED) is 0.834. The Morgan fingerprint density at radius 1 is 1.44 bits per heavy atom. The number of carboxylic acids is 1. The number of aliphatic carboxylic acids is 1. The van der Waals surface area contributed by atoms with Gasteiger partial charge in [0.05, 0.1) is 6.04 Å². The highest BCUT2D eigenvalue weighted by Gasteiger charge is 2.35.